The zero-order valence-corrected chi connectivity index (χ0v) is 13.3. The minimum Gasteiger partial charge on any atom is -0.480 e. The molecule has 0 rings (SSSR count). The Hall–Kier alpha value is -0.730. The lowest BCUT2D eigenvalue weighted by Gasteiger charge is -2.20. The average molecular weight is 308 g/mol. The number of aliphatic carboxylic acids is 1. The van der Waals surface area contributed by atoms with E-state index >= 15 is 0 Å². The molecule has 0 amide bonds. The first-order valence-corrected chi connectivity index (χ1v) is 7.14. The predicted molar refractivity (Wildman–Crippen MR) is 76.4 cm³/mol. The molecule has 4 atom stereocenters. The third-order valence-corrected chi connectivity index (χ3v) is 2.59. The van der Waals surface area contributed by atoms with E-state index in [9.17, 15) is 4.79 Å². The van der Waals surface area contributed by atoms with Crippen LogP contribution in [-0.4, -0.2) is 73.6 Å². The summed E-state index contributed by atoms with van der Waals surface area (Å²) < 4.78 is 21.5. The number of carbonyl (C=O) groups is 1. The van der Waals surface area contributed by atoms with Gasteiger partial charge in [0.05, 0.1) is 50.8 Å². The molecule has 0 saturated carbocycles. The van der Waals surface area contributed by atoms with Gasteiger partial charge in [0.25, 0.3) is 0 Å². The molecule has 0 saturated heterocycles. The number of rotatable bonds is 13. The molecule has 0 aliphatic heterocycles. The van der Waals surface area contributed by atoms with Gasteiger partial charge in [0.1, 0.15) is 6.61 Å². The van der Waals surface area contributed by atoms with Gasteiger partial charge in [-0.1, -0.05) is 0 Å². The van der Waals surface area contributed by atoms with Crippen LogP contribution in [0.1, 0.15) is 27.7 Å². The summed E-state index contributed by atoms with van der Waals surface area (Å²) in [5.74, 6) is -0.996. The van der Waals surface area contributed by atoms with Gasteiger partial charge in [-0.2, -0.15) is 0 Å². The molecular formula is C14H28O7. The fourth-order valence-corrected chi connectivity index (χ4v) is 1.31. The maximum Gasteiger partial charge on any atom is 0.329 e. The van der Waals surface area contributed by atoms with Crippen LogP contribution in [0.3, 0.4) is 0 Å². The second kappa shape index (κ2) is 11.9. The number of carboxylic acids is 1. The van der Waals surface area contributed by atoms with Crippen molar-refractivity contribution in [3.8, 4) is 0 Å². The van der Waals surface area contributed by atoms with E-state index < -0.39 is 5.97 Å². The van der Waals surface area contributed by atoms with Crippen LogP contribution in [0.15, 0.2) is 0 Å². The minimum absolute atomic E-state index is 0.0134. The molecule has 0 aliphatic carbocycles. The molecule has 7 heteroatoms. The van der Waals surface area contributed by atoms with E-state index in [1.165, 1.54) is 0 Å². The van der Waals surface area contributed by atoms with Gasteiger partial charge in [-0.15, -0.1) is 0 Å². The highest BCUT2D eigenvalue weighted by atomic mass is 16.6. The van der Waals surface area contributed by atoms with Crippen LogP contribution < -0.4 is 0 Å². The van der Waals surface area contributed by atoms with Gasteiger partial charge < -0.3 is 29.2 Å². The summed E-state index contributed by atoms with van der Waals surface area (Å²) >= 11 is 0. The van der Waals surface area contributed by atoms with Crippen LogP contribution in [0.5, 0.6) is 0 Å². The van der Waals surface area contributed by atoms with Crippen LogP contribution in [-0.2, 0) is 23.7 Å². The summed E-state index contributed by atoms with van der Waals surface area (Å²) in [4.78, 5) is 10.3. The number of ether oxygens (including phenoxy) is 4. The lowest BCUT2D eigenvalue weighted by Crippen LogP contribution is -2.28. The molecule has 0 aliphatic rings. The van der Waals surface area contributed by atoms with Gasteiger partial charge >= 0.3 is 5.97 Å². The van der Waals surface area contributed by atoms with Gasteiger partial charge in [0.15, 0.2) is 0 Å². The van der Waals surface area contributed by atoms with E-state index in [4.69, 9.17) is 29.2 Å². The van der Waals surface area contributed by atoms with E-state index in [1.54, 1.807) is 13.8 Å². The molecular weight excluding hydrogens is 280 g/mol. The molecule has 0 fully saturated rings. The normalized spacial score (nSPS) is 17.2. The lowest BCUT2D eigenvalue weighted by atomic mass is 10.3. The van der Waals surface area contributed by atoms with Crippen molar-refractivity contribution in [1.29, 1.82) is 0 Å². The first kappa shape index (κ1) is 20.3. The van der Waals surface area contributed by atoms with Crippen molar-refractivity contribution in [3.05, 3.63) is 0 Å². The smallest absolute Gasteiger partial charge is 0.329 e. The first-order valence-electron chi connectivity index (χ1n) is 7.14. The maximum atomic E-state index is 10.3. The molecule has 0 spiro atoms. The summed E-state index contributed by atoms with van der Waals surface area (Å²) in [5, 5.41) is 17.3. The summed E-state index contributed by atoms with van der Waals surface area (Å²) in [6.07, 6.45) is -0.698. The van der Waals surface area contributed by atoms with Crippen molar-refractivity contribution in [2.45, 2.75) is 52.1 Å². The molecule has 0 radical (unpaired) electrons. The largest absolute Gasteiger partial charge is 0.480 e. The Labute approximate surface area is 126 Å². The molecule has 2 N–H and O–H groups in total. The lowest BCUT2D eigenvalue weighted by molar-refractivity contribution is -0.146. The van der Waals surface area contributed by atoms with Crippen molar-refractivity contribution in [1.82, 2.24) is 0 Å². The van der Waals surface area contributed by atoms with Crippen molar-refractivity contribution < 1.29 is 34.0 Å². The van der Waals surface area contributed by atoms with Crippen LogP contribution in [0, 0.1) is 0 Å². The Morgan fingerprint density at radius 1 is 0.810 bits per heavy atom. The molecule has 0 aromatic heterocycles. The van der Waals surface area contributed by atoms with E-state index in [-0.39, 0.29) is 37.6 Å². The molecule has 4 unspecified atom stereocenters. The maximum absolute atomic E-state index is 10.3. The van der Waals surface area contributed by atoms with E-state index in [0.29, 0.717) is 19.8 Å². The Kier molecular flexibility index (Phi) is 11.5. The molecule has 0 heterocycles. The third-order valence-electron chi connectivity index (χ3n) is 2.59. The van der Waals surface area contributed by atoms with Crippen molar-refractivity contribution in [2.24, 2.45) is 0 Å². The zero-order valence-electron chi connectivity index (χ0n) is 13.3. The van der Waals surface area contributed by atoms with Gasteiger partial charge in [-0.25, -0.2) is 4.79 Å². The molecule has 0 aromatic carbocycles. The molecule has 0 bridgehead atoms. The molecule has 126 valence electrons. The fraction of sp³-hybridized carbons (Fsp3) is 0.929. The minimum atomic E-state index is -0.996. The Morgan fingerprint density at radius 3 is 1.57 bits per heavy atom. The SMILES string of the molecule is CC(CO)OCC(C)OCC(C)OCC(C)OCC(=O)O. The third kappa shape index (κ3) is 12.7. The quantitative estimate of drug-likeness (QED) is 0.517. The van der Waals surface area contributed by atoms with Crippen LogP contribution in [0.4, 0.5) is 0 Å². The standard InChI is InChI=1S/C14H28O7/c1-10(5-15)18-6-11(2)19-7-12(3)20-8-13(4)21-9-14(16)17/h10-13,15H,5-9H2,1-4H3,(H,16,17). The predicted octanol–water partition coefficient (Wildman–Crippen LogP) is 0.684. The highest BCUT2D eigenvalue weighted by molar-refractivity contribution is 5.68. The van der Waals surface area contributed by atoms with E-state index in [1.807, 2.05) is 13.8 Å². The highest BCUT2D eigenvalue weighted by Crippen LogP contribution is 2.01. The number of carboxylic acid groups (broad SMARTS) is 1. The average Bonchev–Trinajstić information content (AvgIpc) is 2.45. The van der Waals surface area contributed by atoms with Gasteiger partial charge in [0, 0.05) is 0 Å². The molecule has 0 aromatic rings. The van der Waals surface area contributed by atoms with E-state index in [2.05, 4.69) is 0 Å². The summed E-state index contributed by atoms with van der Waals surface area (Å²) in [7, 11) is 0. The summed E-state index contributed by atoms with van der Waals surface area (Å²) in [6.45, 7) is 8.08. The molecule has 21 heavy (non-hydrogen) atoms. The van der Waals surface area contributed by atoms with Crippen molar-refractivity contribution in [2.75, 3.05) is 33.0 Å². The van der Waals surface area contributed by atoms with Crippen molar-refractivity contribution >= 4 is 5.97 Å². The van der Waals surface area contributed by atoms with Gasteiger partial charge in [-0.3, -0.25) is 0 Å². The Morgan fingerprint density at radius 2 is 1.19 bits per heavy atom. The first-order chi connectivity index (χ1) is 9.85. The summed E-state index contributed by atoms with van der Waals surface area (Å²) in [5.41, 5.74) is 0. The highest BCUT2D eigenvalue weighted by Gasteiger charge is 2.11. The van der Waals surface area contributed by atoms with Gasteiger partial charge in [-0.05, 0) is 27.7 Å². The van der Waals surface area contributed by atoms with Crippen LogP contribution >= 0.6 is 0 Å². The number of aliphatic hydroxyl groups excluding tert-OH is 1. The monoisotopic (exact) mass is 308 g/mol. The van der Waals surface area contributed by atoms with Crippen LogP contribution in [0.2, 0.25) is 0 Å². The Balaban J connectivity index is 3.64. The topological polar surface area (TPSA) is 94.5 Å². The van der Waals surface area contributed by atoms with Crippen LogP contribution in [0.25, 0.3) is 0 Å². The fourth-order valence-electron chi connectivity index (χ4n) is 1.31. The Bertz CT molecular complexity index is 272. The second-order valence-electron chi connectivity index (χ2n) is 5.13. The number of hydrogen-bond donors (Lipinski definition) is 2. The van der Waals surface area contributed by atoms with E-state index in [0.717, 1.165) is 0 Å². The summed E-state index contributed by atoms with van der Waals surface area (Å²) in [6, 6.07) is 0. The second-order valence-corrected chi connectivity index (χ2v) is 5.13. The number of hydrogen-bond acceptors (Lipinski definition) is 6. The number of aliphatic hydroxyl groups is 1. The van der Waals surface area contributed by atoms with Crippen molar-refractivity contribution in [3.63, 3.8) is 0 Å². The molecule has 7 nitrogen and oxygen atoms in total. The zero-order chi connectivity index (χ0) is 16.3. The van der Waals surface area contributed by atoms with Gasteiger partial charge in [0.2, 0.25) is 0 Å².